The van der Waals surface area contributed by atoms with Crippen LogP contribution in [-0.4, -0.2) is 24.0 Å². The molecule has 1 aromatic heterocycles. The molecule has 0 bridgehead atoms. The fourth-order valence-electron chi connectivity index (χ4n) is 2.16. The third kappa shape index (κ3) is 3.28. The normalized spacial score (nSPS) is 10.4. The number of rotatable bonds is 4. The summed E-state index contributed by atoms with van der Waals surface area (Å²) in [7, 11) is 1.58. The summed E-state index contributed by atoms with van der Waals surface area (Å²) in [5.41, 5.74) is 6.71. The first-order valence-electron chi connectivity index (χ1n) is 6.98. The number of nitrogens with zero attached hydrogens (tertiary/aromatic N) is 1. The molecule has 3 rings (SSSR count). The summed E-state index contributed by atoms with van der Waals surface area (Å²) in [5, 5.41) is 5.68. The molecule has 24 heavy (non-hydrogen) atoms. The van der Waals surface area contributed by atoms with Crippen LogP contribution in [0.4, 0.5) is 15.6 Å². The molecule has 0 saturated heterocycles. The van der Waals surface area contributed by atoms with E-state index in [1.54, 1.807) is 31.4 Å². The van der Waals surface area contributed by atoms with Crippen molar-refractivity contribution in [2.75, 3.05) is 17.7 Å². The number of methoxy groups -OCH3 is 1. The Bertz CT molecular complexity index is 905. The molecule has 8 heteroatoms. The number of nitrogens with two attached hydrogens (primary N) is 1. The lowest BCUT2D eigenvalue weighted by Gasteiger charge is -2.04. The van der Waals surface area contributed by atoms with E-state index < -0.39 is 6.03 Å². The topological polar surface area (TPSA) is 106 Å². The van der Waals surface area contributed by atoms with Crippen LogP contribution in [0.5, 0.6) is 5.75 Å². The van der Waals surface area contributed by atoms with E-state index in [2.05, 4.69) is 15.6 Å². The Morgan fingerprint density at radius 3 is 2.54 bits per heavy atom. The van der Waals surface area contributed by atoms with Gasteiger partial charge in [0.1, 0.15) is 11.3 Å². The maximum atomic E-state index is 12.3. The van der Waals surface area contributed by atoms with Gasteiger partial charge in [0.25, 0.3) is 5.91 Å². The zero-order valence-corrected chi connectivity index (χ0v) is 13.5. The highest BCUT2D eigenvalue weighted by Gasteiger charge is 2.12. The molecule has 0 spiro atoms. The molecule has 0 fully saturated rings. The Kier molecular flexibility index (Phi) is 4.30. The molecule has 0 atom stereocenters. The maximum absolute atomic E-state index is 12.3. The van der Waals surface area contributed by atoms with Gasteiger partial charge >= 0.3 is 6.03 Å². The van der Waals surface area contributed by atoms with Crippen LogP contribution in [0.1, 0.15) is 10.4 Å². The summed E-state index contributed by atoms with van der Waals surface area (Å²) in [4.78, 5) is 27.5. The summed E-state index contributed by atoms with van der Waals surface area (Å²) in [5.74, 6) is 0.366. The molecule has 2 aromatic carbocycles. The Labute approximate surface area is 141 Å². The second-order valence-electron chi connectivity index (χ2n) is 4.85. The Balaban J connectivity index is 1.78. The summed E-state index contributed by atoms with van der Waals surface area (Å²) in [6.07, 6.45) is 0. The van der Waals surface area contributed by atoms with Gasteiger partial charge in [-0.3, -0.25) is 10.1 Å². The second-order valence-corrected chi connectivity index (χ2v) is 5.88. The number of primary amides is 1. The molecular formula is C16H14N4O3S. The molecule has 0 aliphatic heterocycles. The van der Waals surface area contributed by atoms with Crippen molar-refractivity contribution >= 4 is 44.3 Å². The number of carbonyl (C=O) groups excluding carboxylic acids is 2. The van der Waals surface area contributed by atoms with Crippen molar-refractivity contribution in [1.82, 2.24) is 4.98 Å². The van der Waals surface area contributed by atoms with Gasteiger partial charge in [-0.25, -0.2) is 9.78 Å². The van der Waals surface area contributed by atoms with Crippen molar-refractivity contribution < 1.29 is 14.3 Å². The maximum Gasteiger partial charge on any atom is 0.316 e. The predicted octanol–water partition coefficient (Wildman–Crippen LogP) is 3.05. The molecule has 0 radical (unpaired) electrons. The molecular weight excluding hydrogens is 328 g/mol. The van der Waals surface area contributed by atoms with Gasteiger partial charge in [0.15, 0.2) is 5.13 Å². The number of amides is 3. The predicted molar refractivity (Wildman–Crippen MR) is 93.8 cm³/mol. The third-order valence-electron chi connectivity index (χ3n) is 3.24. The van der Waals surface area contributed by atoms with Crippen LogP contribution in [0.25, 0.3) is 10.2 Å². The average Bonchev–Trinajstić information content (AvgIpc) is 2.97. The number of fused-ring (bicyclic) bond motifs is 1. The highest BCUT2D eigenvalue weighted by atomic mass is 32.1. The van der Waals surface area contributed by atoms with Crippen molar-refractivity contribution in [3.63, 3.8) is 0 Å². The van der Waals surface area contributed by atoms with Gasteiger partial charge in [0.05, 0.1) is 11.8 Å². The SMILES string of the molecule is COc1cccc2sc(NC(=O)c3ccc(NC(N)=O)cc3)nc12. The Hall–Kier alpha value is -3.13. The Morgan fingerprint density at radius 2 is 1.88 bits per heavy atom. The minimum atomic E-state index is -0.657. The van der Waals surface area contributed by atoms with Crippen LogP contribution in [0.2, 0.25) is 0 Å². The van der Waals surface area contributed by atoms with Crippen LogP contribution in [0, 0.1) is 0 Å². The first-order chi connectivity index (χ1) is 11.6. The first-order valence-corrected chi connectivity index (χ1v) is 7.80. The number of urea groups is 1. The van der Waals surface area contributed by atoms with Gasteiger partial charge in [-0.05, 0) is 36.4 Å². The number of hydrogen-bond acceptors (Lipinski definition) is 5. The van der Waals surface area contributed by atoms with Crippen LogP contribution in [-0.2, 0) is 0 Å². The van der Waals surface area contributed by atoms with Gasteiger partial charge in [0, 0.05) is 11.3 Å². The van der Waals surface area contributed by atoms with Crippen LogP contribution < -0.4 is 21.1 Å². The lowest BCUT2D eigenvalue weighted by atomic mass is 10.2. The molecule has 3 amide bonds. The van der Waals surface area contributed by atoms with Crippen molar-refractivity contribution in [2.24, 2.45) is 5.73 Å². The zero-order chi connectivity index (χ0) is 17.1. The van der Waals surface area contributed by atoms with E-state index in [-0.39, 0.29) is 5.91 Å². The quantitative estimate of drug-likeness (QED) is 0.677. The zero-order valence-electron chi connectivity index (χ0n) is 12.7. The van der Waals surface area contributed by atoms with Crippen molar-refractivity contribution in [1.29, 1.82) is 0 Å². The minimum absolute atomic E-state index is 0.293. The van der Waals surface area contributed by atoms with E-state index in [0.717, 1.165) is 4.70 Å². The van der Waals surface area contributed by atoms with Crippen molar-refractivity contribution in [3.05, 3.63) is 48.0 Å². The smallest absolute Gasteiger partial charge is 0.316 e. The van der Waals surface area contributed by atoms with E-state index in [1.165, 1.54) is 11.3 Å². The standard InChI is InChI=1S/C16H14N4O3S/c1-23-11-3-2-4-12-13(11)19-16(24-12)20-14(21)9-5-7-10(8-6-9)18-15(17)22/h2-8H,1H3,(H3,17,18,22)(H,19,20,21). The Morgan fingerprint density at radius 1 is 1.12 bits per heavy atom. The van der Waals surface area contributed by atoms with Crippen molar-refractivity contribution in [3.8, 4) is 5.75 Å². The van der Waals surface area contributed by atoms with E-state index in [1.807, 2.05) is 18.2 Å². The first kappa shape index (κ1) is 15.8. The number of benzene rings is 2. The molecule has 0 unspecified atom stereocenters. The van der Waals surface area contributed by atoms with Gasteiger partial charge in [-0.15, -0.1) is 0 Å². The molecule has 122 valence electrons. The van der Waals surface area contributed by atoms with Gasteiger partial charge in [-0.2, -0.15) is 0 Å². The fourth-order valence-corrected chi connectivity index (χ4v) is 3.04. The number of ether oxygens (including phenoxy) is 1. The summed E-state index contributed by atoms with van der Waals surface area (Å²) < 4.78 is 6.18. The minimum Gasteiger partial charge on any atom is -0.494 e. The molecule has 0 saturated carbocycles. The number of thiazole rings is 1. The number of para-hydroxylation sites is 1. The van der Waals surface area contributed by atoms with Crippen molar-refractivity contribution in [2.45, 2.75) is 0 Å². The molecule has 7 nitrogen and oxygen atoms in total. The summed E-state index contributed by atoms with van der Waals surface area (Å²) in [6, 6.07) is 11.3. The van der Waals surface area contributed by atoms with Crippen LogP contribution in [0.3, 0.4) is 0 Å². The summed E-state index contributed by atoms with van der Waals surface area (Å²) >= 11 is 1.36. The number of nitrogens with one attached hydrogen (secondary N) is 2. The molecule has 0 aliphatic carbocycles. The van der Waals surface area contributed by atoms with E-state index in [9.17, 15) is 9.59 Å². The average molecular weight is 342 g/mol. The van der Waals surface area contributed by atoms with E-state index in [0.29, 0.717) is 27.6 Å². The van der Waals surface area contributed by atoms with E-state index >= 15 is 0 Å². The second kappa shape index (κ2) is 6.55. The third-order valence-corrected chi connectivity index (χ3v) is 4.17. The lowest BCUT2D eigenvalue weighted by molar-refractivity contribution is 0.102. The number of aromatic nitrogens is 1. The van der Waals surface area contributed by atoms with Gasteiger partial charge < -0.3 is 15.8 Å². The molecule has 1 heterocycles. The molecule has 3 aromatic rings. The van der Waals surface area contributed by atoms with Gasteiger partial charge in [0.2, 0.25) is 0 Å². The molecule has 0 aliphatic rings. The fraction of sp³-hybridized carbons (Fsp3) is 0.0625. The van der Waals surface area contributed by atoms with Crippen LogP contribution >= 0.6 is 11.3 Å². The molecule has 4 N–H and O–H groups in total. The number of carbonyl (C=O) groups is 2. The largest absolute Gasteiger partial charge is 0.494 e. The summed E-state index contributed by atoms with van der Waals surface area (Å²) in [6.45, 7) is 0. The highest BCUT2D eigenvalue weighted by molar-refractivity contribution is 7.22. The van der Waals surface area contributed by atoms with E-state index in [4.69, 9.17) is 10.5 Å². The van der Waals surface area contributed by atoms with Crippen LogP contribution in [0.15, 0.2) is 42.5 Å². The monoisotopic (exact) mass is 342 g/mol. The number of anilines is 2. The highest BCUT2D eigenvalue weighted by Crippen LogP contribution is 2.32. The van der Waals surface area contributed by atoms with Gasteiger partial charge in [-0.1, -0.05) is 17.4 Å². The number of hydrogen-bond donors (Lipinski definition) is 3. The lowest BCUT2D eigenvalue weighted by Crippen LogP contribution is -2.19.